The third kappa shape index (κ3) is 4.38. The van der Waals surface area contributed by atoms with Crippen molar-refractivity contribution in [2.45, 2.75) is 43.4 Å². The monoisotopic (exact) mass is 519 g/mol. The molecule has 1 aromatic carbocycles. The van der Waals surface area contributed by atoms with Gasteiger partial charge in [-0.15, -0.1) is 11.8 Å². The average molecular weight is 520 g/mol. The van der Waals surface area contributed by atoms with E-state index in [4.69, 9.17) is 17.3 Å². The standard InChI is InChI=1S/C23H25N3O5S3/c27-3-4-33-18-2-1-13(8-17(18)26(30)31)9-19-20(28)25(22(32)34-19)24-21(29)23-10-14-5-15(11-23)7-16(6-14)12-23/h1-2,8-9,14-16,27H,3-7,10-12H2,(H,24,29). The molecule has 6 rings (SSSR count). The van der Waals surface area contributed by atoms with Crippen molar-refractivity contribution < 1.29 is 19.6 Å². The van der Waals surface area contributed by atoms with E-state index in [9.17, 15) is 19.7 Å². The number of carbonyl (C=O) groups excluding carboxylic acids is 2. The van der Waals surface area contributed by atoms with Crippen molar-refractivity contribution in [2.75, 3.05) is 12.4 Å². The van der Waals surface area contributed by atoms with Crippen LogP contribution in [0.4, 0.5) is 5.69 Å². The van der Waals surface area contributed by atoms with Crippen LogP contribution in [0.2, 0.25) is 0 Å². The summed E-state index contributed by atoms with van der Waals surface area (Å²) in [5.74, 6) is 1.65. The normalized spacial score (nSPS) is 30.9. The van der Waals surface area contributed by atoms with Gasteiger partial charge in [-0.3, -0.25) is 25.1 Å². The first-order valence-corrected chi connectivity index (χ1v) is 13.6. The van der Waals surface area contributed by atoms with Gasteiger partial charge >= 0.3 is 0 Å². The minimum Gasteiger partial charge on any atom is -0.396 e. The minimum atomic E-state index is -0.478. The predicted molar refractivity (Wildman–Crippen MR) is 135 cm³/mol. The number of hydrogen-bond donors (Lipinski definition) is 2. The van der Waals surface area contributed by atoms with Crippen LogP contribution in [0.15, 0.2) is 28.0 Å². The third-order valence-electron chi connectivity index (χ3n) is 7.35. The highest BCUT2D eigenvalue weighted by Crippen LogP contribution is 2.60. The molecule has 8 nitrogen and oxygen atoms in total. The number of nitro groups is 1. The van der Waals surface area contributed by atoms with E-state index in [1.54, 1.807) is 18.2 Å². The number of hydrogen-bond acceptors (Lipinski definition) is 8. The lowest BCUT2D eigenvalue weighted by Gasteiger charge is -2.55. The Kier molecular flexibility index (Phi) is 6.47. The van der Waals surface area contributed by atoms with Crippen molar-refractivity contribution >= 4 is 63.6 Å². The Morgan fingerprint density at radius 1 is 1.29 bits per heavy atom. The Hall–Kier alpha value is -1.95. The first kappa shape index (κ1) is 23.8. The summed E-state index contributed by atoms with van der Waals surface area (Å²) in [7, 11) is 0. The van der Waals surface area contributed by atoms with Crippen LogP contribution in [0, 0.1) is 33.3 Å². The number of nitrogens with one attached hydrogen (secondary N) is 1. The molecule has 1 aliphatic heterocycles. The number of amides is 2. The SMILES string of the molecule is O=C1C(=Cc2ccc(SCCO)c([N+](=O)[O-])c2)SC(=S)N1NC(=O)C12CC3CC(CC(C3)C1)C2. The molecule has 0 unspecified atom stereocenters. The molecule has 5 aliphatic rings. The maximum atomic E-state index is 13.4. The minimum absolute atomic E-state index is 0.0823. The number of nitrogens with zero attached hydrogens (tertiary/aromatic N) is 2. The van der Waals surface area contributed by atoms with Crippen molar-refractivity contribution in [1.82, 2.24) is 10.4 Å². The van der Waals surface area contributed by atoms with E-state index in [0.29, 0.717) is 38.9 Å². The van der Waals surface area contributed by atoms with Crippen LogP contribution in [0.3, 0.4) is 0 Å². The number of carbonyl (C=O) groups is 2. The first-order valence-electron chi connectivity index (χ1n) is 11.4. The molecule has 1 saturated heterocycles. The number of thioether (sulfide) groups is 2. The zero-order chi connectivity index (χ0) is 24.0. The zero-order valence-corrected chi connectivity index (χ0v) is 20.8. The third-order valence-corrected chi connectivity index (χ3v) is 9.70. The van der Waals surface area contributed by atoms with E-state index in [2.05, 4.69) is 5.43 Å². The van der Waals surface area contributed by atoms with Crippen molar-refractivity contribution in [3.05, 3.63) is 38.8 Å². The van der Waals surface area contributed by atoms with E-state index < -0.39 is 16.2 Å². The van der Waals surface area contributed by atoms with Crippen molar-refractivity contribution in [2.24, 2.45) is 23.2 Å². The molecule has 4 bridgehead atoms. The zero-order valence-electron chi connectivity index (χ0n) is 18.4. The molecule has 2 amide bonds. The number of aliphatic hydroxyl groups excluding tert-OH is 1. The fourth-order valence-corrected chi connectivity index (χ4v) is 8.31. The highest BCUT2D eigenvalue weighted by molar-refractivity contribution is 8.26. The highest BCUT2D eigenvalue weighted by atomic mass is 32.2. The summed E-state index contributed by atoms with van der Waals surface area (Å²) in [6.07, 6.45) is 7.89. The van der Waals surface area contributed by atoms with Gasteiger partial charge in [-0.05, 0) is 86.2 Å². The van der Waals surface area contributed by atoms with Gasteiger partial charge in [-0.2, -0.15) is 5.01 Å². The van der Waals surface area contributed by atoms with Crippen molar-refractivity contribution in [3.63, 3.8) is 0 Å². The smallest absolute Gasteiger partial charge is 0.285 e. The number of aliphatic hydroxyl groups is 1. The molecule has 2 N–H and O–H groups in total. The topological polar surface area (TPSA) is 113 Å². The first-order chi connectivity index (χ1) is 16.3. The Labute approximate surface area is 211 Å². The van der Waals surface area contributed by atoms with Gasteiger partial charge in [0.2, 0.25) is 5.91 Å². The molecule has 0 atom stereocenters. The van der Waals surface area contributed by atoms with Gasteiger partial charge in [0.15, 0.2) is 4.32 Å². The molecule has 180 valence electrons. The van der Waals surface area contributed by atoms with Crippen LogP contribution in [0.1, 0.15) is 44.1 Å². The lowest BCUT2D eigenvalue weighted by Crippen LogP contribution is -2.57. The quantitative estimate of drug-likeness (QED) is 0.182. The van der Waals surface area contributed by atoms with Crippen molar-refractivity contribution in [1.29, 1.82) is 0 Å². The summed E-state index contributed by atoms with van der Waals surface area (Å²) >= 11 is 7.66. The van der Waals surface area contributed by atoms with E-state index in [0.717, 1.165) is 36.0 Å². The Balaban J connectivity index is 1.32. The van der Waals surface area contributed by atoms with Gasteiger partial charge < -0.3 is 5.11 Å². The van der Waals surface area contributed by atoms with E-state index in [1.807, 2.05) is 0 Å². The molecule has 11 heteroatoms. The fraction of sp³-hybridized carbons (Fsp3) is 0.522. The molecule has 0 radical (unpaired) electrons. The van der Waals surface area contributed by atoms with Crippen molar-refractivity contribution in [3.8, 4) is 0 Å². The van der Waals surface area contributed by atoms with E-state index in [1.165, 1.54) is 37.1 Å². The summed E-state index contributed by atoms with van der Waals surface area (Å²) in [5.41, 5.74) is 2.83. The number of nitro benzene ring substituents is 1. The number of benzene rings is 1. The van der Waals surface area contributed by atoms with Crippen LogP contribution in [0.25, 0.3) is 6.08 Å². The lowest BCUT2D eigenvalue weighted by molar-refractivity contribution is -0.387. The second-order valence-electron chi connectivity index (χ2n) is 9.71. The maximum Gasteiger partial charge on any atom is 0.285 e. The Morgan fingerprint density at radius 3 is 2.53 bits per heavy atom. The second-order valence-corrected chi connectivity index (χ2v) is 12.5. The molecule has 0 aromatic heterocycles. The van der Waals surface area contributed by atoms with E-state index in [-0.39, 0.29) is 22.5 Å². The van der Waals surface area contributed by atoms with Gasteiger partial charge in [0, 0.05) is 11.8 Å². The van der Waals surface area contributed by atoms with Crippen LogP contribution < -0.4 is 5.43 Å². The van der Waals surface area contributed by atoms with Crippen LogP contribution >= 0.6 is 35.7 Å². The molecule has 1 heterocycles. The van der Waals surface area contributed by atoms with Crippen LogP contribution in [-0.2, 0) is 9.59 Å². The molecule has 34 heavy (non-hydrogen) atoms. The molecule has 4 saturated carbocycles. The summed E-state index contributed by atoms with van der Waals surface area (Å²) in [4.78, 5) is 38.2. The molecular formula is C23H25N3O5S3. The van der Waals surface area contributed by atoms with E-state index >= 15 is 0 Å². The van der Waals surface area contributed by atoms with Gasteiger partial charge in [-0.25, -0.2) is 0 Å². The molecule has 4 aliphatic carbocycles. The molecular weight excluding hydrogens is 494 g/mol. The average Bonchev–Trinajstić information content (AvgIpc) is 3.04. The maximum absolute atomic E-state index is 13.4. The molecule has 0 spiro atoms. The number of hydrazine groups is 1. The number of rotatable bonds is 7. The lowest BCUT2D eigenvalue weighted by atomic mass is 9.49. The number of thiocarbonyl (C=S) groups is 1. The summed E-state index contributed by atoms with van der Waals surface area (Å²) < 4.78 is 0.249. The Morgan fingerprint density at radius 2 is 1.94 bits per heavy atom. The van der Waals surface area contributed by atoms with Gasteiger partial charge in [0.1, 0.15) is 0 Å². The fourth-order valence-electron chi connectivity index (χ4n) is 6.37. The Bertz CT molecular complexity index is 1070. The van der Waals surface area contributed by atoms with Gasteiger partial charge in [-0.1, -0.05) is 17.8 Å². The van der Waals surface area contributed by atoms with Crippen LogP contribution in [0.5, 0.6) is 0 Å². The molecule has 5 fully saturated rings. The summed E-state index contributed by atoms with van der Waals surface area (Å²) in [5, 5.41) is 21.6. The second kappa shape index (κ2) is 9.25. The van der Waals surface area contributed by atoms with Gasteiger partial charge in [0.25, 0.3) is 11.6 Å². The summed E-state index contributed by atoms with van der Waals surface area (Å²) in [6, 6.07) is 4.70. The van der Waals surface area contributed by atoms with Crippen LogP contribution in [-0.4, -0.2) is 43.5 Å². The summed E-state index contributed by atoms with van der Waals surface area (Å²) in [6.45, 7) is -0.0823. The highest BCUT2D eigenvalue weighted by Gasteiger charge is 2.55. The predicted octanol–water partition coefficient (Wildman–Crippen LogP) is 4.13. The largest absolute Gasteiger partial charge is 0.396 e. The van der Waals surface area contributed by atoms with Gasteiger partial charge in [0.05, 0.1) is 26.7 Å². The molecule has 1 aromatic rings.